The van der Waals surface area contributed by atoms with E-state index in [1.54, 1.807) is 0 Å². The molecule has 0 rings (SSSR count). The highest BCUT2D eigenvalue weighted by molar-refractivity contribution is 5.68. The first-order chi connectivity index (χ1) is 7.77. The van der Waals surface area contributed by atoms with Crippen molar-refractivity contribution in [3.05, 3.63) is 0 Å². The summed E-state index contributed by atoms with van der Waals surface area (Å²) < 4.78 is 0. The van der Waals surface area contributed by atoms with Crippen LogP contribution in [0.2, 0.25) is 0 Å². The Kier molecular flexibility index (Phi) is 11.8. The molecule has 96 valence electrons. The number of hydrogen-bond donors (Lipinski definition) is 5. The van der Waals surface area contributed by atoms with Crippen LogP contribution >= 0.6 is 0 Å². The zero-order valence-electron chi connectivity index (χ0n) is 10.0. The highest BCUT2D eigenvalue weighted by Crippen LogP contribution is 1.83. The molecule has 0 aliphatic carbocycles. The number of carboxylic acid groups (broad SMARTS) is 1. The summed E-state index contributed by atoms with van der Waals surface area (Å²) in [7, 11) is 1.91. The molecule has 6 nitrogen and oxygen atoms in total. The number of hydrogen-bond acceptors (Lipinski definition) is 5. The van der Waals surface area contributed by atoms with Crippen LogP contribution in [0.1, 0.15) is 12.8 Å². The summed E-state index contributed by atoms with van der Waals surface area (Å²) in [5.74, 6) is -0.797. The molecule has 0 spiro atoms. The van der Waals surface area contributed by atoms with Gasteiger partial charge >= 0.3 is 5.97 Å². The highest BCUT2D eigenvalue weighted by atomic mass is 16.4. The minimum Gasteiger partial charge on any atom is -0.480 e. The van der Waals surface area contributed by atoms with E-state index in [4.69, 9.17) is 5.11 Å². The van der Waals surface area contributed by atoms with E-state index in [0.717, 1.165) is 45.7 Å². The maximum absolute atomic E-state index is 10.2. The fourth-order valence-corrected chi connectivity index (χ4v) is 1.21. The van der Waals surface area contributed by atoms with Gasteiger partial charge in [-0.3, -0.25) is 4.79 Å². The van der Waals surface area contributed by atoms with Crippen LogP contribution in [0, 0.1) is 0 Å². The van der Waals surface area contributed by atoms with Gasteiger partial charge in [-0.2, -0.15) is 0 Å². The van der Waals surface area contributed by atoms with Crippen LogP contribution < -0.4 is 21.3 Å². The smallest absolute Gasteiger partial charge is 0.317 e. The molecule has 5 N–H and O–H groups in total. The van der Waals surface area contributed by atoms with Crippen LogP contribution in [0.5, 0.6) is 0 Å². The van der Waals surface area contributed by atoms with Crippen LogP contribution in [0.3, 0.4) is 0 Å². The van der Waals surface area contributed by atoms with Crippen molar-refractivity contribution in [2.45, 2.75) is 12.8 Å². The molecule has 0 aliphatic heterocycles. The van der Waals surface area contributed by atoms with Gasteiger partial charge in [0.15, 0.2) is 0 Å². The molecule has 0 unspecified atom stereocenters. The van der Waals surface area contributed by atoms with Gasteiger partial charge in [-0.1, -0.05) is 0 Å². The Morgan fingerprint density at radius 1 is 1.00 bits per heavy atom. The number of aliphatic carboxylic acids is 1. The predicted octanol–water partition coefficient (Wildman–Crippen LogP) is -1.20. The third-order valence-corrected chi connectivity index (χ3v) is 2.01. The number of rotatable bonds is 12. The van der Waals surface area contributed by atoms with Gasteiger partial charge < -0.3 is 26.4 Å². The summed E-state index contributed by atoms with van der Waals surface area (Å²) in [6, 6.07) is 0. The Hall–Kier alpha value is -0.690. The van der Waals surface area contributed by atoms with Gasteiger partial charge in [0.2, 0.25) is 0 Å². The van der Waals surface area contributed by atoms with Gasteiger partial charge in [-0.05, 0) is 33.0 Å². The van der Waals surface area contributed by atoms with Gasteiger partial charge in [0.25, 0.3) is 0 Å². The first-order valence-corrected chi connectivity index (χ1v) is 5.76. The average Bonchev–Trinajstić information content (AvgIpc) is 2.25. The standard InChI is InChI=1S/C10H24N4O2/c1-11-9-14-7-6-12-4-2-3-5-13-8-10(15)16/h11-14H,2-9H2,1H3,(H,15,16). The van der Waals surface area contributed by atoms with E-state index in [-0.39, 0.29) is 6.54 Å². The van der Waals surface area contributed by atoms with Crippen LogP contribution in [-0.4, -0.2) is 57.5 Å². The average molecular weight is 232 g/mol. The largest absolute Gasteiger partial charge is 0.480 e. The van der Waals surface area contributed by atoms with Crippen molar-refractivity contribution in [1.29, 1.82) is 0 Å². The molecule has 6 heteroatoms. The van der Waals surface area contributed by atoms with E-state index in [2.05, 4.69) is 21.3 Å². The molecule has 0 heterocycles. The highest BCUT2D eigenvalue weighted by Gasteiger charge is 1.94. The molecular formula is C10H24N4O2. The lowest BCUT2D eigenvalue weighted by Crippen LogP contribution is -2.33. The number of carbonyl (C=O) groups is 1. The summed E-state index contributed by atoms with van der Waals surface area (Å²) in [5.41, 5.74) is 0. The predicted molar refractivity (Wildman–Crippen MR) is 64.5 cm³/mol. The molecule has 0 bridgehead atoms. The number of carboxylic acids is 1. The molecule has 0 aromatic rings. The van der Waals surface area contributed by atoms with Gasteiger partial charge in [0.05, 0.1) is 6.54 Å². The Bertz CT molecular complexity index is 167. The second-order valence-electron chi connectivity index (χ2n) is 3.56. The second kappa shape index (κ2) is 12.4. The third kappa shape index (κ3) is 13.3. The minimum absolute atomic E-state index is 0.0569. The molecule has 0 aliphatic rings. The zero-order valence-corrected chi connectivity index (χ0v) is 10.0. The summed E-state index contributed by atoms with van der Waals surface area (Å²) in [6.07, 6.45) is 2.07. The first-order valence-electron chi connectivity index (χ1n) is 5.76. The van der Waals surface area contributed by atoms with E-state index in [9.17, 15) is 4.79 Å². The Morgan fingerprint density at radius 2 is 1.62 bits per heavy atom. The summed E-state index contributed by atoms with van der Waals surface area (Å²) in [5, 5.41) is 20.7. The minimum atomic E-state index is -0.797. The van der Waals surface area contributed by atoms with Gasteiger partial charge in [-0.25, -0.2) is 0 Å². The molecular weight excluding hydrogens is 208 g/mol. The van der Waals surface area contributed by atoms with E-state index in [1.807, 2.05) is 7.05 Å². The van der Waals surface area contributed by atoms with Gasteiger partial charge in [0, 0.05) is 19.8 Å². The lowest BCUT2D eigenvalue weighted by molar-refractivity contribution is -0.135. The van der Waals surface area contributed by atoms with Crippen molar-refractivity contribution in [2.75, 3.05) is 46.4 Å². The molecule has 0 atom stereocenters. The van der Waals surface area contributed by atoms with Gasteiger partial charge in [0.1, 0.15) is 0 Å². The van der Waals surface area contributed by atoms with Crippen LogP contribution in [-0.2, 0) is 4.79 Å². The second-order valence-corrected chi connectivity index (χ2v) is 3.56. The summed E-state index contributed by atoms with van der Waals surface area (Å²) >= 11 is 0. The van der Waals surface area contributed by atoms with Crippen LogP contribution in [0.15, 0.2) is 0 Å². The Morgan fingerprint density at radius 3 is 2.25 bits per heavy atom. The zero-order chi connectivity index (χ0) is 12.1. The molecule has 0 radical (unpaired) electrons. The fraction of sp³-hybridized carbons (Fsp3) is 0.900. The Labute approximate surface area is 97.2 Å². The van der Waals surface area contributed by atoms with E-state index < -0.39 is 5.97 Å². The van der Waals surface area contributed by atoms with Crippen molar-refractivity contribution < 1.29 is 9.90 Å². The van der Waals surface area contributed by atoms with E-state index in [1.165, 1.54) is 0 Å². The quantitative estimate of drug-likeness (QED) is 0.215. The SMILES string of the molecule is CNCNCCNCCCCNCC(=O)O. The van der Waals surface area contributed by atoms with Crippen molar-refractivity contribution in [1.82, 2.24) is 21.3 Å². The first kappa shape index (κ1) is 15.3. The summed E-state index contributed by atoms with van der Waals surface area (Å²) in [6.45, 7) is 4.56. The topological polar surface area (TPSA) is 85.4 Å². The lowest BCUT2D eigenvalue weighted by Gasteiger charge is -2.06. The van der Waals surface area contributed by atoms with Crippen molar-refractivity contribution in [3.63, 3.8) is 0 Å². The van der Waals surface area contributed by atoms with Crippen LogP contribution in [0.4, 0.5) is 0 Å². The molecule has 0 aromatic heterocycles. The monoisotopic (exact) mass is 232 g/mol. The van der Waals surface area contributed by atoms with Crippen molar-refractivity contribution >= 4 is 5.97 Å². The maximum atomic E-state index is 10.2. The molecule has 0 saturated carbocycles. The number of nitrogens with one attached hydrogen (secondary N) is 4. The molecule has 0 fully saturated rings. The molecule has 0 aromatic carbocycles. The third-order valence-electron chi connectivity index (χ3n) is 2.01. The van der Waals surface area contributed by atoms with Crippen LogP contribution in [0.25, 0.3) is 0 Å². The normalized spacial score (nSPS) is 10.6. The van der Waals surface area contributed by atoms with Gasteiger partial charge in [-0.15, -0.1) is 0 Å². The molecule has 16 heavy (non-hydrogen) atoms. The molecule has 0 saturated heterocycles. The Balaban J connectivity index is 2.90. The number of unbranched alkanes of at least 4 members (excludes halogenated alkanes) is 1. The maximum Gasteiger partial charge on any atom is 0.317 e. The summed E-state index contributed by atoms with van der Waals surface area (Å²) in [4.78, 5) is 10.2. The molecule has 0 amide bonds. The lowest BCUT2D eigenvalue weighted by atomic mass is 10.3. The van der Waals surface area contributed by atoms with Crippen molar-refractivity contribution in [3.8, 4) is 0 Å². The van der Waals surface area contributed by atoms with E-state index in [0.29, 0.717) is 0 Å². The van der Waals surface area contributed by atoms with Crippen molar-refractivity contribution in [2.24, 2.45) is 0 Å². The fourth-order valence-electron chi connectivity index (χ4n) is 1.21. The van der Waals surface area contributed by atoms with E-state index >= 15 is 0 Å².